The molecule has 5 atom stereocenters. The minimum absolute atomic E-state index is 0.0779. The summed E-state index contributed by atoms with van der Waals surface area (Å²) in [6.07, 6.45) is 9.95. The van der Waals surface area contributed by atoms with E-state index in [4.69, 9.17) is 4.74 Å². The van der Waals surface area contributed by atoms with Crippen LogP contribution in [-0.4, -0.2) is 16.2 Å². The Labute approximate surface area is 149 Å². The van der Waals surface area contributed by atoms with Crippen LogP contribution in [0.4, 0.5) is 0 Å². The minimum Gasteiger partial charge on any atom is -0.508 e. The van der Waals surface area contributed by atoms with Gasteiger partial charge in [0, 0.05) is 19.3 Å². The van der Waals surface area contributed by atoms with Crippen LogP contribution in [0.15, 0.2) is 35.0 Å². The molecule has 136 valence electrons. The number of esters is 1. The second kappa shape index (κ2) is 5.39. The summed E-state index contributed by atoms with van der Waals surface area (Å²) in [6.45, 7) is 5.87. The van der Waals surface area contributed by atoms with Crippen LogP contribution in [0.3, 0.4) is 0 Å². The summed E-state index contributed by atoms with van der Waals surface area (Å²) in [5.41, 5.74) is 0.677. The predicted octanol–water partition coefficient (Wildman–Crippen LogP) is 4.94. The summed E-state index contributed by atoms with van der Waals surface area (Å²) >= 11 is 0. The van der Waals surface area contributed by atoms with Gasteiger partial charge in [0.1, 0.15) is 17.3 Å². The fraction of sp³-hybridized carbons (Fsp3) is 0.667. The highest BCUT2D eigenvalue weighted by Gasteiger charge is 2.59. The second-order valence-corrected chi connectivity index (χ2v) is 8.83. The summed E-state index contributed by atoms with van der Waals surface area (Å²) in [5, 5.41) is 21.0. The van der Waals surface area contributed by atoms with Gasteiger partial charge in [0.15, 0.2) is 0 Å². The summed E-state index contributed by atoms with van der Waals surface area (Å²) in [7, 11) is 0. The summed E-state index contributed by atoms with van der Waals surface area (Å²) < 4.78 is 5.69. The second-order valence-electron chi connectivity index (χ2n) is 8.83. The third kappa shape index (κ3) is 2.22. The number of carbonyl (C=O) groups excluding carboxylic acids is 1. The van der Waals surface area contributed by atoms with Crippen molar-refractivity contribution in [2.45, 2.75) is 59.3 Å². The van der Waals surface area contributed by atoms with E-state index in [1.54, 1.807) is 0 Å². The van der Waals surface area contributed by atoms with E-state index in [9.17, 15) is 15.0 Å². The molecule has 0 saturated heterocycles. The summed E-state index contributed by atoms with van der Waals surface area (Å²) in [5.74, 6) is 1.42. The number of fused-ring (bicyclic) bond motifs is 5. The number of ether oxygens (including phenoxy) is 1. The van der Waals surface area contributed by atoms with Gasteiger partial charge >= 0.3 is 5.97 Å². The zero-order chi connectivity index (χ0) is 18.0. The topological polar surface area (TPSA) is 66.8 Å². The Morgan fingerprint density at radius 2 is 1.96 bits per heavy atom. The van der Waals surface area contributed by atoms with E-state index in [-0.39, 0.29) is 34.7 Å². The monoisotopic (exact) mass is 344 g/mol. The Morgan fingerprint density at radius 3 is 2.68 bits per heavy atom. The molecule has 2 N–H and O–H groups in total. The maximum atomic E-state index is 11.7. The van der Waals surface area contributed by atoms with Gasteiger partial charge in [-0.05, 0) is 61.5 Å². The van der Waals surface area contributed by atoms with Crippen LogP contribution < -0.4 is 0 Å². The Hall–Kier alpha value is -1.71. The molecule has 0 amide bonds. The molecule has 0 aliphatic heterocycles. The first kappa shape index (κ1) is 16.7. The highest BCUT2D eigenvalue weighted by Crippen LogP contribution is 2.65. The molecule has 0 radical (unpaired) electrons. The molecule has 4 rings (SSSR count). The van der Waals surface area contributed by atoms with E-state index in [1.807, 2.05) is 19.1 Å². The van der Waals surface area contributed by atoms with Gasteiger partial charge in [-0.2, -0.15) is 0 Å². The molecule has 25 heavy (non-hydrogen) atoms. The van der Waals surface area contributed by atoms with Crippen molar-refractivity contribution in [3.63, 3.8) is 0 Å². The van der Waals surface area contributed by atoms with Gasteiger partial charge < -0.3 is 14.9 Å². The van der Waals surface area contributed by atoms with Crippen LogP contribution in [0, 0.1) is 28.6 Å². The van der Waals surface area contributed by atoms with Crippen LogP contribution >= 0.6 is 0 Å². The van der Waals surface area contributed by atoms with Gasteiger partial charge in [-0.25, -0.2) is 0 Å². The zero-order valence-electron chi connectivity index (χ0n) is 15.3. The molecule has 2 saturated carbocycles. The van der Waals surface area contributed by atoms with Gasteiger partial charge in [0.2, 0.25) is 0 Å². The number of hydrogen-bond donors (Lipinski definition) is 2. The maximum absolute atomic E-state index is 11.7. The molecule has 4 aliphatic carbocycles. The molecule has 0 heterocycles. The molecule has 0 bridgehead atoms. The molecule has 4 nitrogen and oxygen atoms in total. The molecule has 4 aliphatic rings. The van der Waals surface area contributed by atoms with Crippen LogP contribution in [0.25, 0.3) is 0 Å². The largest absolute Gasteiger partial charge is 0.508 e. The Morgan fingerprint density at radius 1 is 1.20 bits per heavy atom. The molecule has 0 aromatic rings. The summed E-state index contributed by atoms with van der Waals surface area (Å²) in [6, 6.07) is 0. The van der Waals surface area contributed by atoms with Crippen molar-refractivity contribution >= 4 is 5.97 Å². The smallest absolute Gasteiger partial charge is 0.307 e. The van der Waals surface area contributed by atoms with Crippen LogP contribution in [0.1, 0.15) is 59.3 Å². The van der Waals surface area contributed by atoms with Crippen molar-refractivity contribution in [1.29, 1.82) is 0 Å². The molecule has 0 aromatic carbocycles. The Balaban J connectivity index is 1.86. The van der Waals surface area contributed by atoms with Gasteiger partial charge in [0.25, 0.3) is 0 Å². The fourth-order valence-corrected chi connectivity index (χ4v) is 6.24. The van der Waals surface area contributed by atoms with Crippen molar-refractivity contribution in [1.82, 2.24) is 0 Å². The molecule has 2 fully saturated rings. The van der Waals surface area contributed by atoms with Crippen molar-refractivity contribution in [3.8, 4) is 0 Å². The number of rotatable bonds is 1. The standard InChI is InChI=1S/C21H28O4/c1-12(22)25-17-11-13-6-7-16(23)19(24)21(13,3)15-8-10-20(2)9-4-5-14(20)18(15)17/h6,11,14-15,18,23-24H,4-5,7-10H2,1-3H3/t14-,15-,18-,20-,21-/m0/s1. The number of aliphatic hydroxyl groups is 2. The number of allylic oxidation sites excluding steroid dienone is 4. The van der Waals surface area contributed by atoms with E-state index in [0.717, 1.165) is 30.6 Å². The molecular weight excluding hydrogens is 316 g/mol. The molecule has 0 unspecified atom stereocenters. The third-order valence-electron chi connectivity index (χ3n) is 7.56. The first-order valence-electron chi connectivity index (χ1n) is 9.49. The van der Waals surface area contributed by atoms with Crippen molar-refractivity contribution < 1.29 is 19.7 Å². The van der Waals surface area contributed by atoms with Crippen molar-refractivity contribution in [2.75, 3.05) is 0 Å². The molecule has 0 aromatic heterocycles. The van der Waals surface area contributed by atoms with E-state index < -0.39 is 5.41 Å². The highest BCUT2D eigenvalue weighted by molar-refractivity contribution is 5.68. The fourth-order valence-electron chi connectivity index (χ4n) is 6.24. The first-order chi connectivity index (χ1) is 11.8. The minimum atomic E-state index is -0.583. The number of aliphatic hydroxyl groups excluding tert-OH is 2. The normalized spacial score (nSPS) is 42.8. The van der Waals surface area contributed by atoms with Crippen molar-refractivity contribution in [3.05, 3.63) is 35.0 Å². The number of carbonyl (C=O) groups is 1. The van der Waals surface area contributed by atoms with E-state index in [1.165, 1.54) is 19.8 Å². The van der Waals surface area contributed by atoms with Gasteiger partial charge in [-0.1, -0.05) is 19.4 Å². The lowest BCUT2D eigenvalue weighted by Gasteiger charge is -2.55. The SMILES string of the molecule is CC(=O)OC1=CC2=CCC(O)=C(O)[C@]2(C)[C@H]2CC[C@]3(C)CCC[C@H]3[C@H]12. The predicted molar refractivity (Wildman–Crippen MR) is 94.6 cm³/mol. The lowest BCUT2D eigenvalue weighted by molar-refractivity contribution is -0.140. The molecular formula is C21H28O4. The van der Waals surface area contributed by atoms with E-state index in [2.05, 4.69) is 6.92 Å². The zero-order valence-corrected chi connectivity index (χ0v) is 15.3. The molecule has 4 heteroatoms. The van der Waals surface area contributed by atoms with Gasteiger partial charge in [-0.15, -0.1) is 0 Å². The maximum Gasteiger partial charge on any atom is 0.307 e. The highest BCUT2D eigenvalue weighted by atomic mass is 16.5. The lowest BCUT2D eigenvalue weighted by atomic mass is 9.49. The molecule has 0 spiro atoms. The number of hydrogen-bond acceptors (Lipinski definition) is 4. The van der Waals surface area contributed by atoms with Gasteiger partial charge in [-0.3, -0.25) is 4.79 Å². The third-order valence-corrected chi connectivity index (χ3v) is 7.56. The van der Waals surface area contributed by atoms with E-state index in [0.29, 0.717) is 12.3 Å². The summed E-state index contributed by atoms with van der Waals surface area (Å²) in [4.78, 5) is 11.7. The van der Waals surface area contributed by atoms with E-state index >= 15 is 0 Å². The average Bonchev–Trinajstić information content (AvgIpc) is 2.94. The van der Waals surface area contributed by atoms with Crippen molar-refractivity contribution in [2.24, 2.45) is 28.6 Å². The first-order valence-corrected chi connectivity index (χ1v) is 9.49. The Bertz CT molecular complexity index is 715. The van der Waals surface area contributed by atoms with Crippen LogP contribution in [-0.2, 0) is 9.53 Å². The Kier molecular flexibility index (Phi) is 3.61. The van der Waals surface area contributed by atoms with Gasteiger partial charge in [0.05, 0.1) is 5.41 Å². The average molecular weight is 344 g/mol. The van der Waals surface area contributed by atoms with Crippen LogP contribution in [0.2, 0.25) is 0 Å². The lowest BCUT2D eigenvalue weighted by Crippen LogP contribution is -2.50. The quantitative estimate of drug-likeness (QED) is 0.661. The van der Waals surface area contributed by atoms with Crippen LogP contribution in [0.5, 0.6) is 0 Å².